The Morgan fingerprint density at radius 3 is 1.57 bits per heavy atom. The van der Waals surface area contributed by atoms with Crippen LogP contribution in [-0.4, -0.2) is 14.4 Å². The predicted molar refractivity (Wildman–Crippen MR) is 181 cm³/mol. The molecule has 0 aliphatic heterocycles. The van der Waals surface area contributed by atoms with Crippen LogP contribution in [0.15, 0.2) is 60.9 Å². The molecule has 0 aliphatic rings. The molecule has 0 spiro atoms. The zero-order chi connectivity index (χ0) is 29.8. The van der Waals surface area contributed by atoms with Crippen LogP contribution in [0.3, 0.4) is 0 Å². The second-order valence-electron chi connectivity index (χ2n) is 16.2. The Balaban J connectivity index is 1.79. The van der Waals surface area contributed by atoms with Gasteiger partial charge >= 0.3 is 0 Å². The van der Waals surface area contributed by atoms with Crippen molar-refractivity contribution in [2.24, 2.45) is 16.2 Å². The van der Waals surface area contributed by atoms with Crippen LogP contribution in [0.25, 0.3) is 59.9 Å². The van der Waals surface area contributed by atoms with Gasteiger partial charge in [-0.1, -0.05) is 98.7 Å². The monoisotopic (exact) mass is 553 g/mol. The molecule has 0 unspecified atom stereocenters. The summed E-state index contributed by atoms with van der Waals surface area (Å²) < 4.78 is 2.58. The highest BCUT2D eigenvalue weighted by molar-refractivity contribution is 6.25. The van der Waals surface area contributed by atoms with Gasteiger partial charge < -0.3 is 4.40 Å². The van der Waals surface area contributed by atoms with Crippen molar-refractivity contribution in [2.75, 3.05) is 0 Å². The lowest BCUT2D eigenvalue weighted by Crippen LogP contribution is -2.14. The minimum Gasteiger partial charge on any atom is -0.305 e. The molecule has 7 rings (SSSR count). The van der Waals surface area contributed by atoms with E-state index < -0.39 is 0 Å². The van der Waals surface area contributed by atoms with E-state index in [1.807, 2.05) is 0 Å². The standard InChI is InChI=1S/C39H43N3/c1-37(2,3)19-23-14-15-26-28(16-23)34-30(20-38(4,5)6)31(21-39(7,8)9)35-29-18-25-13-11-10-12-24(25)17-27(29)33-36(42(34)35)32(26)40-22-41-33/h10-18,22H,19-21H2,1-9H3. The van der Waals surface area contributed by atoms with Gasteiger partial charge in [-0.15, -0.1) is 0 Å². The van der Waals surface area contributed by atoms with Gasteiger partial charge in [0.2, 0.25) is 0 Å². The lowest BCUT2D eigenvalue weighted by Gasteiger charge is -2.23. The van der Waals surface area contributed by atoms with E-state index in [1.54, 1.807) is 6.33 Å². The molecule has 0 atom stereocenters. The fourth-order valence-corrected chi connectivity index (χ4v) is 7.23. The summed E-state index contributed by atoms with van der Waals surface area (Å²) in [5, 5.41) is 7.57. The molecule has 0 N–H and O–H groups in total. The summed E-state index contributed by atoms with van der Waals surface area (Å²) in [6.45, 7) is 21.2. The smallest absolute Gasteiger partial charge is 0.116 e. The molecular formula is C39H43N3. The molecule has 42 heavy (non-hydrogen) atoms. The van der Waals surface area contributed by atoms with E-state index in [4.69, 9.17) is 9.97 Å². The Morgan fingerprint density at radius 2 is 1.02 bits per heavy atom. The maximum atomic E-state index is 5.00. The van der Waals surface area contributed by atoms with Crippen molar-refractivity contribution >= 4 is 59.9 Å². The van der Waals surface area contributed by atoms with Crippen LogP contribution in [0.2, 0.25) is 0 Å². The average molecular weight is 554 g/mol. The summed E-state index contributed by atoms with van der Waals surface area (Å²) in [6.07, 6.45) is 4.83. The Labute approximate surface area is 249 Å². The van der Waals surface area contributed by atoms with Crippen LogP contribution in [0.5, 0.6) is 0 Å². The van der Waals surface area contributed by atoms with Crippen molar-refractivity contribution in [2.45, 2.75) is 81.6 Å². The first-order valence-corrected chi connectivity index (χ1v) is 15.5. The first-order chi connectivity index (χ1) is 19.7. The predicted octanol–water partition coefficient (Wildman–Crippen LogP) is 10.7. The van der Waals surface area contributed by atoms with Gasteiger partial charge in [-0.25, -0.2) is 9.97 Å². The van der Waals surface area contributed by atoms with Crippen LogP contribution in [-0.2, 0) is 19.3 Å². The molecule has 4 aromatic heterocycles. The SMILES string of the molecule is CC(C)(C)Cc1ccc2c(c1)c1c(CC(C)(C)C)c(CC(C)(C)C)c3c4cc5ccccc5cc4c4ncnc2c4n13. The number of hydrogen-bond donors (Lipinski definition) is 0. The van der Waals surface area contributed by atoms with Crippen LogP contribution in [0.1, 0.15) is 79.0 Å². The molecule has 7 aromatic rings. The van der Waals surface area contributed by atoms with Gasteiger partial charge in [0.1, 0.15) is 6.33 Å². The van der Waals surface area contributed by atoms with E-state index in [2.05, 4.69) is 121 Å². The number of hydrogen-bond acceptors (Lipinski definition) is 2. The molecule has 3 nitrogen and oxygen atoms in total. The highest BCUT2D eigenvalue weighted by Crippen LogP contribution is 2.46. The third kappa shape index (κ3) is 4.40. The van der Waals surface area contributed by atoms with Crippen molar-refractivity contribution in [3.8, 4) is 0 Å². The molecule has 0 fully saturated rings. The molecule has 4 heterocycles. The molecule has 0 radical (unpaired) electrons. The highest BCUT2D eigenvalue weighted by atomic mass is 15.0. The Bertz CT molecular complexity index is 2160. The summed E-state index contributed by atoms with van der Waals surface area (Å²) >= 11 is 0. The lowest BCUT2D eigenvalue weighted by molar-refractivity contribution is 0.395. The largest absolute Gasteiger partial charge is 0.305 e. The summed E-state index contributed by atoms with van der Waals surface area (Å²) in [6, 6.07) is 20.6. The molecule has 0 aliphatic carbocycles. The second kappa shape index (κ2) is 8.89. The van der Waals surface area contributed by atoms with E-state index in [9.17, 15) is 0 Å². The third-order valence-electron chi connectivity index (χ3n) is 8.57. The van der Waals surface area contributed by atoms with Crippen LogP contribution >= 0.6 is 0 Å². The van der Waals surface area contributed by atoms with Gasteiger partial charge in [0, 0.05) is 21.5 Å². The molecule has 0 saturated heterocycles. The Morgan fingerprint density at radius 1 is 0.524 bits per heavy atom. The molecule has 3 heteroatoms. The van der Waals surface area contributed by atoms with Crippen molar-refractivity contribution in [3.63, 3.8) is 0 Å². The summed E-state index contributed by atoms with van der Waals surface area (Å²) in [5.74, 6) is 0. The Hall–Kier alpha value is -3.72. The third-order valence-corrected chi connectivity index (χ3v) is 8.57. The summed E-state index contributed by atoms with van der Waals surface area (Å²) in [4.78, 5) is 9.99. The van der Waals surface area contributed by atoms with Crippen molar-refractivity contribution < 1.29 is 0 Å². The minimum absolute atomic E-state index is 0.130. The van der Waals surface area contributed by atoms with Gasteiger partial charge in [-0.2, -0.15) is 0 Å². The van der Waals surface area contributed by atoms with E-state index in [-0.39, 0.29) is 16.2 Å². The first-order valence-electron chi connectivity index (χ1n) is 15.5. The number of fused-ring (bicyclic) bond motifs is 7. The molecule has 0 bridgehead atoms. The number of rotatable bonds is 3. The fourth-order valence-electron chi connectivity index (χ4n) is 7.23. The maximum absolute atomic E-state index is 5.00. The fraction of sp³-hybridized carbons (Fsp3) is 0.385. The Kier molecular flexibility index (Phi) is 5.75. The van der Waals surface area contributed by atoms with Gasteiger partial charge in [0.25, 0.3) is 0 Å². The van der Waals surface area contributed by atoms with Crippen molar-refractivity contribution in [1.82, 2.24) is 14.4 Å². The van der Waals surface area contributed by atoms with Gasteiger partial charge in [0.05, 0.1) is 27.6 Å². The number of benzene rings is 3. The van der Waals surface area contributed by atoms with Crippen LogP contribution in [0, 0.1) is 16.2 Å². The quantitative estimate of drug-likeness (QED) is 0.161. The van der Waals surface area contributed by atoms with Gasteiger partial charge in [-0.05, 0) is 81.2 Å². The van der Waals surface area contributed by atoms with E-state index in [0.717, 1.165) is 35.8 Å². The maximum Gasteiger partial charge on any atom is 0.116 e. The topological polar surface area (TPSA) is 30.2 Å². The molecule has 0 saturated carbocycles. The lowest BCUT2D eigenvalue weighted by atomic mass is 9.81. The van der Waals surface area contributed by atoms with Crippen molar-refractivity contribution in [3.05, 3.63) is 77.6 Å². The normalized spacial score (nSPS) is 13.6. The second-order valence-corrected chi connectivity index (χ2v) is 16.2. The summed E-state index contributed by atoms with van der Waals surface area (Å²) in [5.41, 5.74) is 10.8. The van der Waals surface area contributed by atoms with Gasteiger partial charge in [0.15, 0.2) is 0 Å². The zero-order valence-corrected chi connectivity index (χ0v) is 26.7. The average Bonchev–Trinajstić information content (AvgIpc) is 3.18. The molecule has 3 aromatic carbocycles. The van der Waals surface area contributed by atoms with Crippen LogP contribution < -0.4 is 0 Å². The summed E-state index contributed by atoms with van der Waals surface area (Å²) in [7, 11) is 0. The first kappa shape index (κ1) is 27.1. The molecule has 214 valence electrons. The highest BCUT2D eigenvalue weighted by Gasteiger charge is 2.30. The van der Waals surface area contributed by atoms with E-state index >= 15 is 0 Å². The van der Waals surface area contributed by atoms with E-state index in [0.29, 0.717) is 0 Å². The van der Waals surface area contributed by atoms with Crippen LogP contribution in [0.4, 0.5) is 0 Å². The minimum atomic E-state index is 0.130. The molecule has 0 amide bonds. The van der Waals surface area contributed by atoms with Crippen molar-refractivity contribution in [1.29, 1.82) is 0 Å². The number of aromatic nitrogens is 3. The zero-order valence-electron chi connectivity index (χ0n) is 26.7. The molecular weight excluding hydrogens is 510 g/mol. The number of nitrogens with zero attached hydrogens (tertiary/aromatic N) is 3. The number of pyridine rings is 2. The van der Waals surface area contributed by atoms with Gasteiger partial charge in [-0.3, -0.25) is 0 Å². The van der Waals surface area contributed by atoms with E-state index in [1.165, 1.54) is 60.0 Å².